The second kappa shape index (κ2) is 13.5. The predicted molar refractivity (Wildman–Crippen MR) is 166 cm³/mol. The van der Waals surface area contributed by atoms with Crippen molar-refractivity contribution in [2.45, 2.75) is 50.7 Å². The number of aliphatic hydroxyl groups is 1. The fourth-order valence-corrected chi connectivity index (χ4v) is 5.04. The minimum absolute atomic E-state index is 0.131. The molecule has 1 aliphatic heterocycles. The largest absolute Gasteiger partial charge is 0.465 e. The Balaban J connectivity index is 0.000000197. The van der Waals surface area contributed by atoms with Gasteiger partial charge in [0.2, 0.25) is 0 Å². The molecule has 9 nitrogen and oxygen atoms in total. The van der Waals surface area contributed by atoms with Gasteiger partial charge in [0.1, 0.15) is 11.6 Å². The van der Waals surface area contributed by atoms with Crippen LogP contribution in [0.1, 0.15) is 69.7 Å². The van der Waals surface area contributed by atoms with Crippen LogP contribution in [0, 0.1) is 0 Å². The lowest BCUT2D eigenvalue weighted by molar-refractivity contribution is 0.0480. The molecule has 4 N–H and O–H groups in total. The number of fused-ring (bicyclic) bond motifs is 1. The second-order valence-electron chi connectivity index (χ2n) is 10.9. The van der Waals surface area contributed by atoms with Crippen molar-refractivity contribution in [3.8, 4) is 0 Å². The van der Waals surface area contributed by atoms with Gasteiger partial charge in [-0.1, -0.05) is 60.7 Å². The molecule has 0 fully saturated rings. The Labute approximate surface area is 252 Å². The maximum Gasteiger partial charge on any atom is 0.339 e. The minimum Gasteiger partial charge on any atom is -0.465 e. The maximum atomic E-state index is 11.6. The number of benzene rings is 2. The van der Waals surface area contributed by atoms with Crippen molar-refractivity contribution < 1.29 is 24.2 Å². The quantitative estimate of drug-likeness (QED) is 0.244. The smallest absolute Gasteiger partial charge is 0.339 e. The Kier molecular flexibility index (Phi) is 9.77. The number of hydrogen-bond acceptors (Lipinski definition) is 9. The summed E-state index contributed by atoms with van der Waals surface area (Å²) in [6.07, 6.45) is 5.76. The van der Waals surface area contributed by atoms with Crippen LogP contribution in [-0.2, 0) is 33.5 Å². The van der Waals surface area contributed by atoms with Gasteiger partial charge in [0.05, 0.1) is 36.5 Å². The van der Waals surface area contributed by atoms with E-state index < -0.39 is 11.6 Å². The number of aromatic nitrogens is 2. The predicted octanol–water partition coefficient (Wildman–Crippen LogP) is 5.43. The van der Waals surface area contributed by atoms with Gasteiger partial charge in [0.25, 0.3) is 0 Å². The van der Waals surface area contributed by atoms with Crippen LogP contribution in [0.5, 0.6) is 0 Å². The highest BCUT2D eigenvalue weighted by molar-refractivity contribution is 5.90. The van der Waals surface area contributed by atoms with E-state index in [2.05, 4.69) is 39.1 Å². The van der Waals surface area contributed by atoms with Gasteiger partial charge in [-0.25, -0.2) is 19.6 Å². The first-order chi connectivity index (χ1) is 20.6. The first-order valence-corrected chi connectivity index (χ1v) is 14.1. The van der Waals surface area contributed by atoms with Crippen molar-refractivity contribution >= 4 is 23.6 Å². The summed E-state index contributed by atoms with van der Waals surface area (Å²) in [5.41, 5.74) is 9.47. The number of aryl methyl sites for hydroxylation is 2. The summed E-state index contributed by atoms with van der Waals surface area (Å²) < 4.78 is 9.41. The lowest BCUT2D eigenvalue weighted by Crippen LogP contribution is -2.36. The first kappa shape index (κ1) is 31.2. The van der Waals surface area contributed by atoms with Gasteiger partial charge in [-0.15, -0.1) is 0 Å². The molecule has 2 aromatic heterocycles. The second-order valence-corrected chi connectivity index (χ2v) is 10.9. The summed E-state index contributed by atoms with van der Waals surface area (Å²) in [6, 6.07) is 23.3. The van der Waals surface area contributed by atoms with E-state index in [4.69, 9.17) is 10.5 Å². The fourth-order valence-electron chi connectivity index (χ4n) is 5.04. The molecule has 2 aromatic carbocycles. The van der Waals surface area contributed by atoms with Gasteiger partial charge in [0.15, 0.2) is 0 Å². The number of carbonyl (C=O) groups is 2. The van der Waals surface area contributed by atoms with Crippen LogP contribution in [0.25, 0.3) is 0 Å². The molecular weight excluding hydrogens is 544 g/mol. The lowest BCUT2D eigenvalue weighted by Gasteiger charge is -2.36. The van der Waals surface area contributed by atoms with Crippen molar-refractivity contribution in [2.75, 3.05) is 25.3 Å². The van der Waals surface area contributed by atoms with Gasteiger partial charge in [0, 0.05) is 12.4 Å². The number of pyridine rings is 2. The van der Waals surface area contributed by atoms with Crippen LogP contribution in [0.4, 0.5) is 11.6 Å². The maximum absolute atomic E-state index is 11.6. The van der Waals surface area contributed by atoms with E-state index in [0.717, 1.165) is 35.3 Å². The van der Waals surface area contributed by atoms with E-state index in [9.17, 15) is 14.7 Å². The highest BCUT2D eigenvalue weighted by Gasteiger charge is 2.32. The summed E-state index contributed by atoms with van der Waals surface area (Å²) in [4.78, 5) is 31.5. The summed E-state index contributed by atoms with van der Waals surface area (Å²) in [5.74, 6) is 0.405. The Morgan fingerprint density at radius 3 is 2.16 bits per heavy atom. The average Bonchev–Trinajstić information content (AvgIpc) is 3.04. The molecule has 3 heterocycles. The molecule has 5 rings (SSSR count). The third-order valence-electron chi connectivity index (χ3n) is 7.79. The van der Waals surface area contributed by atoms with E-state index >= 15 is 0 Å². The number of nitrogens with two attached hydrogens (primary N) is 1. The molecule has 2 atom stereocenters. The van der Waals surface area contributed by atoms with Crippen LogP contribution in [0.15, 0.2) is 85.2 Å². The molecule has 0 amide bonds. The summed E-state index contributed by atoms with van der Waals surface area (Å²) in [5, 5.41) is 14.1. The standard InChI is InChI=1S/C17H20N2O3.C17H18N2O2/c1-17(21,14-6-4-3-5-7-14)9-8-12-10-13(16(20)22-2)11-19-15(12)18;1-17(14-6-4-3-5-7-14)9-8-12-10-13(16(20)21-2)11-18-15(12)19-17/h3-7,10-11,21H,8-9H2,1-2H3,(H2,18,19);3-7,10-11H,8-9H2,1-2H3,(H,18,19). The fraction of sp³-hybridized carbons (Fsp3) is 0.294. The van der Waals surface area contributed by atoms with Gasteiger partial charge >= 0.3 is 11.9 Å². The van der Waals surface area contributed by atoms with Crippen LogP contribution < -0.4 is 11.1 Å². The van der Waals surface area contributed by atoms with Crippen molar-refractivity contribution in [2.24, 2.45) is 0 Å². The van der Waals surface area contributed by atoms with Crippen LogP contribution in [0.3, 0.4) is 0 Å². The number of hydrogen-bond donors (Lipinski definition) is 3. The molecule has 0 saturated heterocycles. The Morgan fingerprint density at radius 2 is 1.53 bits per heavy atom. The van der Waals surface area contributed by atoms with Gasteiger partial charge in [-0.2, -0.15) is 0 Å². The number of carbonyl (C=O) groups excluding carboxylic acids is 2. The molecule has 2 unspecified atom stereocenters. The number of nitrogens with one attached hydrogen (secondary N) is 1. The van der Waals surface area contributed by atoms with Crippen LogP contribution in [0.2, 0.25) is 0 Å². The zero-order valence-corrected chi connectivity index (χ0v) is 25.0. The number of esters is 2. The first-order valence-electron chi connectivity index (χ1n) is 14.1. The number of anilines is 2. The third kappa shape index (κ3) is 7.55. The minimum atomic E-state index is -0.977. The number of nitrogens with zero attached hydrogens (tertiary/aromatic N) is 2. The zero-order valence-electron chi connectivity index (χ0n) is 25.0. The van der Waals surface area contributed by atoms with Gasteiger partial charge in [-0.05, 0) is 73.9 Å². The van der Waals surface area contributed by atoms with Crippen molar-refractivity contribution in [1.82, 2.24) is 9.97 Å². The monoisotopic (exact) mass is 582 g/mol. The molecule has 43 heavy (non-hydrogen) atoms. The van der Waals surface area contributed by atoms with E-state index in [1.165, 1.54) is 26.0 Å². The van der Waals surface area contributed by atoms with E-state index in [1.807, 2.05) is 54.6 Å². The SMILES string of the molecule is COC(=O)c1cnc(N)c(CCC(C)(O)c2ccccc2)c1.COC(=O)c1cnc2c(c1)CCC(C)(c1ccccc1)N2. The van der Waals surface area contributed by atoms with E-state index in [1.54, 1.807) is 19.2 Å². The summed E-state index contributed by atoms with van der Waals surface area (Å²) in [6.45, 7) is 3.94. The molecule has 1 aliphatic rings. The zero-order chi connectivity index (χ0) is 31.0. The topological polar surface area (TPSA) is 137 Å². The lowest BCUT2D eigenvalue weighted by atomic mass is 9.83. The molecule has 9 heteroatoms. The number of methoxy groups -OCH3 is 2. The average molecular weight is 583 g/mol. The third-order valence-corrected chi connectivity index (χ3v) is 7.79. The van der Waals surface area contributed by atoms with Gasteiger partial charge < -0.3 is 25.6 Å². The molecule has 4 aromatic rings. The van der Waals surface area contributed by atoms with Crippen LogP contribution in [-0.4, -0.2) is 41.2 Å². The van der Waals surface area contributed by atoms with Crippen molar-refractivity contribution in [3.63, 3.8) is 0 Å². The van der Waals surface area contributed by atoms with E-state index in [-0.39, 0.29) is 11.5 Å². The summed E-state index contributed by atoms with van der Waals surface area (Å²) >= 11 is 0. The number of ether oxygens (including phenoxy) is 2. The van der Waals surface area contributed by atoms with Crippen molar-refractivity contribution in [3.05, 3.63) is 119 Å². The molecular formula is C34H38N4O5. The number of rotatable bonds is 7. The molecule has 224 valence electrons. The Bertz CT molecular complexity index is 1560. The molecule has 0 spiro atoms. The van der Waals surface area contributed by atoms with Gasteiger partial charge in [-0.3, -0.25) is 0 Å². The normalized spacial score (nSPS) is 16.8. The molecule has 0 saturated carbocycles. The Morgan fingerprint density at radius 1 is 0.953 bits per heavy atom. The highest BCUT2D eigenvalue weighted by Crippen LogP contribution is 2.36. The van der Waals surface area contributed by atoms with E-state index in [0.29, 0.717) is 29.8 Å². The van der Waals surface area contributed by atoms with Crippen molar-refractivity contribution in [1.29, 1.82) is 0 Å². The number of nitrogen functional groups attached to an aromatic ring is 1. The molecule has 0 radical (unpaired) electrons. The van der Waals surface area contributed by atoms with Crippen LogP contribution >= 0.6 is 0 Å². The molecule has 0 bridgehead atoms. The summed E-state index contributed by atoms with van der Waals surface area (Å²) in [7, 11) is 2.70. The molecule has 0 aliphatic carbocycles. The highest BCUT2D eigenvalue weighted by atomic mass is 16.5. The Hall–Kier alpha value is -4.76.